The summed E-state index contributed by atoms with van der Waals surface area (Å²) >= 11 is 0. The molecule has 0 atom stereocenters. The van der Waals surface area contributed by atoms with E-state index in [0.717, 1.165) is 5.46 Å². The van der Waals surface area contributed by atoms with Gasteiger partial charge in [-0.3, -0.25) is 9.71 Å². The first-order chi connectivity index (χ1) is 10.1. The van der Waals surface area contributed by atoms with Crippen molar-refractivity contribution in [1.82, 2.24) is 4.72 Å². The molecule has 0 saturated carbocycles. The van der Waals surface area contributed by atoms with Gasteiger partial charge in [0.15, 0.2) is 0 Å². The van der Waals surface area contributed by atoms with Crippen molar-refractivity contribution in [2.24, 2.45) is 4.99 Å². The van der Waals surface area contributed by atoms with Crippen LogP contribution in [0.5, 0.6) is 0 Å². The number of fused-ring (bicyclic) bond motifs is 1. The highest BCUT2D eigenvalue weighted by Gasteiger charge is 2.52. The van der Waals surface area contributed by atoms with Gasteiger partial charge in [-0.15, -0.1) is 0 Å². The van der Waals surface area contributed by atoms with Crippen LogP contribution in [0.15, 0.2) is 28.1 Å². The van der Waals surface area contributed by atoms with Gasteiger partial charge < -0.3 is 9.31 Å². The summed E-state index contributed by atoms with van der Waals surface area (Å²) in [4.78, 5) is 4.22. The Balaban J connectivity index is 2.03. The van der Waals surface area contributed by atoms with Crippen LogP contribution in [-0.4, -0.2) is 39.6 Å². The van der Waals surface area contributed by atoms with E-state index >= 15 is 0 Å². The normalized spacial score (nSPS) is 26.0. The second-order valence-corrected chi connectivity index (χ2v) is 8.17. The van der Waals surface area contributed by atoms with Crippen molar-refractivity contribution >= 4 is 28.4 Å². The third-order valence-corrected chi connectivity index (χ3v) is 5.93. The van der Waals surface area contributed by atoms with Crippen molar-refractivity contribution in [3.8, 4) is 0 Å². The summed E-state index contributed by atoms with van der Waals surface area (Å²) in [5.41, 5.74) is 0.443. The van der Waals surface area contributed by atoms with Crippen molar-refractivity contribution in [1.29, 1.82) is 0 Å². The third-order valence-electron chi connectivity index (χ3n) is 4.53. The van der Waals surface area contributed by atoms with E-state index in [1.807, 2.05) is 27.7 Å². The molecular formula is C14H19BN2O4S. The Kier molecular flexibility index (Phi) is 3.22. The van der Waals surface area contributed by atoms with Crippen LogP contribution in [0.25, 0.3) is 0 Å². The molecule has 2 aliphatic rings. The van der Waals surface area contributed by atoms with Gasteiger partial charge in [0.1, 0.15) is 5.84 Å². The van der Waals surface area contributed by atoms with Crippen molar-refractivity contribution in [2.75, 3.05) is 7.05 Å². The summed E-state index contributed by atoms with van der Waals surface area (Å²) in [6.07, 6.45) is 0. The number of hydrogen-bond donors (Lipinski definition) is 1. The Labute approximate surface area is 131 Å². The molecule has 0 aliphatic carbocycles. The van der Waals surface area contributed by atoms with E-state index in [-0.39, 0.29) is 4.90 Å². The Morgan fingerprint density at radius 1 is 1.14 bits per heavy atom. The van der Waals surface area contributed by atoms with Crippen molar-refractivity contribution in [3.05, 3.63) is 23.8 Å². The van der Waals surface area contributed by atoms with Crippen molar-refractivity contribution < 1.29 is 17.7 Å². The van der Waals surface area contributed by atoms with Gasteiger partial charge >= 0.3 is 7.12 Å². The lowest BCUT2D eigenvalue weighted by molar-refractivity contribution is 0.00578. The fourth-order valence-electron chi connectivity index (χ4n) is 2.50. The fourth-order valence-corrected chi connectivity index (χ4v) is 3.75. The summed E-state index contributed by atoms with van der Waals surface area (Å²) in [7, 11) is -2.50. The maximum atomic E-state index is 12.0. The summed E-state index contributed by atoms with van der Waals surface area (Å²) < 4.78 is 38.4. The molecule has 1 N–H and O–H groups in total. The van der Waals surface area contributed by atoms with E-state index in [1.54, 1.807) is 25.2 Å². The monoisotopic (exact) mass is 322 g/mol. The Bertz CT molecular complexity index is 755. The maximum Gasteiger partial charge on any atom is 0.494 e. The van der Waals surface area contributed by atoms with E-state index in [0.29, 0.717) is 11.4 Å². The molecule has 2 heterocycles. The predicted molar refractivity (Wildman–Crippen MR) is 84.9 cm³/mol. The molecule has 0 spiro atoms. The maximum absolute atomic E-state index is 12.0. The van der Waals surface area contributed by atoms with Crippen LogP contribution in [-0.2, 0) is 19.3 Å². The van der Waals surface area contributed by atoms with E-state index in [4.69, 9.17) is 9.31 Å². The second-order valence-electron chi connectivity index (χ2n) is 6.52. The number of hydrogen-bond acceptors (Lipinski definition) is 5. The highest BCUT2D eigenvalue weighted by molar-refractivity contribution is 7.90. The lowest BCUT2D eigenvalue weighted by Crippen LogP contribution is -2.41. The van der Waals surface area contributed by atoms with Gasteiger partial charge in [0.25, 0.3) is 10.0 Å². The van der Waals surface area contributed by atoms with Crippen LogP contribution in [0.4, 0.5) is 0 Å². The number of aliphatic imine (C=N–C) groups is 1. The molecule has 0 aromatic heterocycles. The summed E-state index contributed by atoms with van der Waals surface area (Å²) in [6.45, 7) is 7.91. The first-order valence-corrected chi connectivity index (χ1v) is 8.55. The molecule has 8 heteroatoms. The van der Waals surface area contributed by atoms with Crippen LogP contribution < -0.4 is 10.2 Å². The summed E-state index contributed by atoms with van der Waals surface area (Å²) in [5.74, 6) is 0.341. The average molecular weight is 322 g/mol. The van der Waals surface area contributed by atoms with Gasteiger partial charge in [0.2, 0.25) is 0 Å². The number of rotatable bonds is 1. The molecule has 0 radical (unpaired) electrons. The fraction of sp³-hybridized carbons (Fsp3) is 0.500. The van der Waals surface area contributed by atoms with Gasteiger partial charge in [-0.25, -0.2) is 8.42 Å². The van der Waals surface area contributed by atoms with Gasteiger partial charge in [-0.1, -0.05) is 12.1 Å². The van der Waals surface area contributed by atoms with E-state index in [2.05, 4.69) is 9.71 Å². The van der Waals surface area contributed by atoms with Crippen LogP contribution in [0, 0.1) is 0 Å². The van der Waals surface area contributed by atoms with Gasteiger partial charge in [0, 0.05) is 12.6 Å². The molecule has 2 aliphatic heterocycles. The Morgan fingerprint density at radius 3 is 2.27 bits per heavy atom. The minimum absolute atomic E-state index is 0.230. The molecule has 6 nitrogen and oxygen atoms in total. The molecule has 1 saturated heterocycles. The first-order valence-electron chi connectivity index (χ1n) is 7.07. The molecule has 0 unspecified atom stereocenters. The molecular weight excluding hydrogens is 303 g/mol. The largest absolute Gasteiger partial charge is 0.494 e. The second kappa shape index (κ2) is 4.56. The van der Waals surface area contributed by atoms with E-state index in [9.17, 15) is 8.42 Å². The molecule has 0 amide bonds. The SMILES string of the molecule is CN=C1NS(=O)(=O)c2ccc(B3OC(C)(C)C(C)(C)O3)cc21. The van der Waals surface area contributed by atoms with Gasteiger partial charge in [-0.2, -0.15) is 0 Å². The zero-order valence-corrected chi connectivity index (χ0v) is 14.1. The number of nitrogens with one attached hydrogen (secondary N) is 1. The Hall–Kier alpha value is -1.38. The van der Waals surface area contributed by atoms with E-state index < -0.39 is 28.3 Å². The van der Waals surface area contributed by atoms with Gasteiger partial charge in [0.05, 0.1) is 16.1 Å². The number of amidine groups is 1. The topological polar surface area (TPSA) is 77.0 Å². The Morgan fingerprint density at radius 2 is 1.73 bits per heavy atom. The quantitative estimate of drug-likeness (QED) is 0.771. The highest BCUT2D eigenvalue weighted by Crippen LogP contribution is 2.36. The van der Waals surface area contributed by atoms with Crippen LogP contribution in [0.1, 0.15) is 33.3 Å². The molecule has 22 heavy (non-hydrogen) atoms. The predicted octanol–water partition coefficient (Wildman–Crippen LogP) is 0.654. The highest BCUT2D eigenvalue weighted by atomic mass is 32.2. The van der Waals surface area contributed by atoms with Crippen LogP contribution >= 0.6 is 0 Å². The van der Waals surface area contributed by atoms with Crippen molar-refractivity contribution in [2.45, 2.75) is 43.8 Å². The summed E-state index contributed by atoms with van der Waals surface area (Å²) in [6, 6.07) is 5.05. The van der Waals surface area contributed by atoms with Crippen molar-refractivity contribution in [3.63, 3.8) is 0 Å². The summed E-state index contributed by atoms with van der Waals surface area (Å²) in [5, 5.41) is 0. The molecule has 3 rings (SSSR count). The number of nitrogens with zero attached hydrogens (tertiary/aromatic N) is 1. The smallest absolute Gasteiger partial charge is 0.399 e. The lowest BCUT2D eigenvalue weighted by Gasteiger charge is -2.32. The lowest BCUT2D eigenvalue weighted by atomic mass is 9.78. The van der Waals surface area contributed by atoms with E-state index in [1.165, 1.54) is 0 Å². The molecule has 0 bridgehead atoms. The molecule has 1 fully saturated rings. The van der Waals surface area contributed by atoms with Crippen LogP contribution in [0.3, 0.4) is 0 Å². The van der Waals surface area contributed by atoms with Crippen LogP contribution in [0.2, 0.25) is 0 Å². The molecule has 1 aromatic rings. The molecule has 118 valence electrons. The number of benzene rings is 1. The third kappa shape index (κ3) is 2.17. The number of sulfonamides is 1. The standard InChI is InChI=1S/C14H19BN2O4S/c1-13(2)14(3,4)21-15(20-13)9-6-7-11-10(8-9)12(16-5)17-22(11,18)19/h6-8H,1-5H3,(H,16,17). The minimum Gasteiger partial charge on any atom is -0.399 e. The zero-order chi connectivity index (χ0) is 16.3. The minimum atomic E-state index is -3.52. The van der Waals surface area contributed by atoms with Gasteiger partial charge in [-0.05, 0) is 39.2 Å². The zero-order valence-electron chi connectivity index (χ0n) is 13.3. The average Bonchev–Trinajstić information content (AvgIpc) is 2.80. The molecule has 1 aromatic carbocycles. The first kappa shape index (κ1) is 15.5.